The maximum Gasteiger partial charge on any atom is 0.191 e. The summed E-state index contributed by atoms with van der Waals surface area (Å²) in [7, 11) is -1.52. The third kappa shape index (κ3) is 7.64. The predicted octanol–water partition coefficient (Wildman–Crippen LogP) is 2.36. The molecule has 25 heavy (non-hydrogen) atoms. The lowest BCUT2D eigenvalue weighted by Crippen LogP contribution is -2.47. The Kier molecular flexibility index (Phi) is 10.1. The van der Waals surface area contributed by atoms with Crippen molar-refractivity contribution in [3.05, 3.63) is 42.5 Å². The van der Waals surface area contributed by atoms with Crippen LogP contribution in [-0.4, -0.2) is 45.6 Å². The molecule has 1 rings (SSSR count). The Morgan fingerprint density at radius 1 is 1.32 bits per heavy atom. The van der Waals surface area contributed by atoms with E-state index in [1.165, 1.54) is 6.26 Å². The minimum Gasteiger partial charge on any atom is -0.489 e. The van der Waals surface area contributed by atoms with Gasteiger partial charge in [0.15, 0.2) is 15.8 Å². The van der Waals surface area contributed by atoms with Crippen molar-refractivity contribution in [3.63, 3.8) is 0 Å². The van der Waals surface area contributed by atoms with E-state index in [2.05, 4.69) is 22.2 Å². The van der Waals surface area contributed by atoms with Crippen molar-refractivity contribution >= 4 is 39.8 Å². The number of rotatable bonds is 8. The van der Waals surface area contributed by atoms with Gasteiger partial charge in [-0.1, -0.05) is 30.9 Å². The molecule has 1 aromatic carbocycles. The summed E-state index contributed by atoms with van der Waals surface area (Å²) in [5.74, 6) is 1.31. The Labute approximate surface area is 168 Å². The number of halogens is 1. The fourth-order valence-electron chi connectivity index (χ4n) is 1.77. The van der Waals surface area contributed by atoms with E-state index in [-0.39, 0.29) is 30.5 Å². The average molecular weight is 481 g/mol. The molecular formula is C17H28IN3O3S. The van der Waals surface area contributed by atoms with Gasteiger partial charge in [-0.15, -0.1) is 24.0 Å². The third-order valence-electron chi connectivity index (χ3n) is 3.68. The number of ether oxygens (including phenoxy) is 1. The second-order valence-corrected chi connectivity index (χ2v) is 8.67. The molecule has 0 radical (unpaired) electrons. The average Bonchev–Trinajstić information content (AvgIpc) is 2.52. The van der Waals surface area contributed by atoms with E-state index in [0.717, 1.165) is 11.3 Å². The van der Waals surface area contributed by atoms with Gasteiger partial charge in [0, 0.05) is 32.0 Å². The van der Waals surface area contributed by atoms with Crippen molar-refractivity contribution in [2.75, 3.05) is 26.5 Å². The van der Waals surface area contributed by atoms with Gasteiger partial charge in [-0.3, -0.25) is 4.99 Å². The first-order chi connectivity index (χ1) is 11.2. The van der Waals surface area contributed by atoms with Crippen LogP contribution in [0.5, 0.6) is 5.75 Å². The van der Waals surface area contributed by atoms with Crippen LogP contribution in [0.2, 0.25) is 0 Å². The summed E-state index contributed by atoms with van der Waals surface area (Å²) in [5.41, 5.74) is 0.977. The summed E-state index contributed by atoms with van der Waals surface area (Å²) < 4.78 is 28.2. The number of nitrogens with one attached hydrogen (secondary N) is 2. The standard InChI is InChI=1S/C17H27N3O3S.HI/c1-6-11-23-15-10-8-7-9-14(15)12-19-16(18-4)20-13-17(2,3)24(5,21)22;/h6-10H,1,11-13H2,2-5H3,(H2,18,19,20);1H. The van der Waals surface area contributed by atoms with Crippen molar-refractivity contribution < 1.29 is 13.2 Å². The van der Waals surface area contributed by atoms with Crippen LogP contribution in [0.25, 0.3) is 0 Å². The normalized spacial score (nSPS) is 12.1. The predicted molar refractivity (Wildman–Crippen MR) is 115 cm³/mol. The van der Waals surface area contributed by atoms with E-state index in [1.807, 2.05) is 24.3 Å². The van der Waals surface area contributed by atoms with Crippen LogP contribution >= 0.6 is 24.0 Å². The minimum absolute atomic E-state index is 0. The van der Waals surface area contributed by atoms with Crippen LogP contribution in [0, 0.1) is 0 Å². The molecule has 0 saturated heterocycles. The number of guanidine groups is 1. The van der Waals surface area contributed by atoms with Gasteiger partial charge in [-0.2, -0.15) is 0 Å². The summed E-state index contributed by atoms with van der Waals surface area (Å²) in [6, 6.07) is 7.69. The zero-order valence-corrected chi connectivity index (χ0v) is 18.4. The maximum absolute atomic E-state index is 11.8. The van der Waals surface area contributed by atoms with Gasteiger partial charge in [0.1, 0.15) is 12.4 Å². The highest BCUT2D eigenvalue weighted by molar-refractivity contribution is 14.0. The molecule has 0 bridgehead atoms. The number of sulfone groups is 1. The van der Waals surface area contributed by atoms with Crippen molar-refractivity contribution in [2.24, 2.45) is 4.99 Å². The summed E-state index contributed by atoms with van der Waals surface area (Å²) in [4.78, 5) is 4.12. The van der Waals surface area contributed by atoms with Crippen molar-refractivity contribution in [2.45, 2.75) is 25.1 Å². The molecule has 0 spiro atoms. The third-order valence-corrected chi connectivity index (χ3v) is 5.84. The lowest BCUT2D eigenvalue weighted by molar-refractivity contribution is 0.358. The van der Waals surface area contributed by atoms with Crippen LogP contribution in [-0.2, 0) is 16.4 Å². The van der Waals surface area contributed by atoms with Gasteiger partial charge in [0.05, 0.1) is 4.75 Å². The van der Waals surface area contributed by atoms with E-state index in [0.29, 0.717) is 19.1 Å². The zero-order valence-electron chi connectivity index (χ0n) is 15.2. The number of para-hydroxylation sites is 1. The smallest absolute Gasteiger partial charge is 0.191 e. The number of hydrogen-bond acceptors (Lipinski definition) is 4. The molecule has 0 amide bonds. The van der Waals surface area contributed by atoms with Gasteiger partial charge < -0.3 is 15.4 Å². The quantitative estimate of drug-likeness (QED) is 0.258. The number of hydrogen-bond donors (Lipinski definition) is 2. The minimum atomic E-state index is -3.17. The SMILES string of the molecule is C=CCOc1ccccc1CNC(=NC)NCC(C)(C)S(C)(=O)=O.I. The monoisotopic (exact) mass is 481 g/mol. The first-order valence-corrected chi connectivity index (χ1v) is 9.56. The van der Waals surface area contributed by atoms with Crippen LogP contribution in [0.4, 0.5) is 0 Å². The van der Waals surface area contributed by atoms with Gasteiger partial charge in [-0.05, 0) is 19.9 Å². The fraction of sp³-hybridized carbons (Fsp3) is 0.471. The molecule has 1 aromatic rings. The highest BCUT2D eigenvalue weighted by Crippen LogP contribution is 2.17. The topological polar surface area (TPSA) is 79.8 Å². The van der Waals surface area contributed by atoms with Crippen molar-refractivity contribution in [1.29, 1.82) is 0 Å². The molecule has 0 unspecified atom stereocenters. The van der Waals surface area contributed by atoms with E-state index >= 15 is 0 Å². The molecule has 6 nitrogen and oxygen atoms in total. The molecule has 8 heteroatoms. The zero-order chi connectivity index (χ0) is 18.2. The lowest BCUT2D eigenvalue weighted by Gasteiger charge is -2.24. The molecule has 0 heterocycles. The Balaban J connectivity index is 0.00000576. The number of nitrogens with zero attached hydrogens (tertiary/aromatic N) is 1. The van der Waals surface area contributed by atoms with E-state index in [1.54, 1.807) is 27.0 Å². The van der Waals surface area contributed by atoms with Crippen LogP contribution in [0.15, 0.2) is 41.9 Å². The molecule has 2 N–H and O–H groups in total. The highest BCUT2D eigenvalue weighted by atomic mass is 127. The molecular weight excluding hydrogens is 453 g/mol. The van der Waals surface area contributed by atoms with Gasteiger partial charge in [-0.25, -0.2) is 8.42 Å². The number of benzene rings is 1. The molecule has 0 aromatic heterocycles. The Bertz CT molecular complexity index is 688. The van der Waals surface area contributed by atoms with Gasteiger partial charge in [0.25, 0.3) is 0 Å². The van der Waals surface area contributed by atoms with Crippen LogP contribution in [0.1, 0.15) is 19.4 Å². The molecule has 0 aliphatic carbocycles. The van der Waals surface area contributed by atoms with Crippen molar-refractivity contribution in [1.82, 2.24) is 10.6 Å². The largest absolute Gasteiger partial charge is 0.489 e. The summed E-state index contributed by atoms with van der Waals surface area (Å²) in [6.45, 7) is 8.21. The molecule has 0 saturated carbocycles. The van der Waals surface area contributed by atoms with Crippen LogP contribution < -0.4 is 15.4 Å². The van der Waals surface area contributed by atoms with E-state index in [4.69, 9.17) is 4.74 Å². The first kappa shape index (κ1) is 23.7. The maximum atomic E-state index is 11.8. The Morgan fingerprint density at radius 2 is 1.96 bits per heavy atom. The Morgan fingerprint density at radius 3 is 2.52 bits per heavy atom. The molecule has 0 fully saturated rings. The summed E-state index contributed by atoms with van der Waals surface area (Å²) in [6.07, 6.45) is 2.93. The summed E-state index contributed by atoms with van der Waals surface area (Å²) >= 11 is 0. The van der Waals surface area contributed by atoms with E-state index in [9.17, 15) is 8.42 Å². The lowest BCUT2D eigenvalue weighted by atomic mass is 10.2. The summed E-state index contributed by atoms with van der Waals surface area (Å²) in [5, 5.41) is 6.22. The van der Waals surface area contributed by atoms with Gasteiger partial charge in [0.2, 0.25) is 0 Å². The molecule has 0 aliphatic rings. The van der Waals surface area contributed by atoms with Crippen molar-refractivity contribution in [3.8, 4) is 5.75 Å². The van der Waals surface area contributed by atoms with E-state index < -0.39 is 14.6 Å². The second kappa shape index (κ2) is 10.6. The number of aliphatic imine (C=N–C) groups is 1. The fourth-order valence-corrected chi connectivity index (χ4v) is 2.10. The first-order valence-electron chi connectivity index (χ1n) is 7.67. The highest BCUT2D eigenvalue weighted by Gasteiger charge is 2.30. The van der Waals surface area contributed by atoms with Crippen LogP contribution in [0.3, 0.4) is 0 Å². The molecule has 0 aliphatic heterocycles. The molecule has 142 valence electrons. The molecule has 0 atom stereocenters. The Hall–Kier alpha value is -1.29. The van der Waals surface area contributed by atoms with Gasteiger partial charge >= 0.3 is 0 Å². The second-order valence-electron chi connectivity index (χ2n) is 6.02.